The highest BCUT2D eigenvalue weighted by atomic mass is 35.5. The Morgan fingerprint density at radius 1 is 1.12 bits per heavy atom. The van der Waals surface area contributed by atoms with Crippen molar-refractivity contribution < 1.29 is 17.2 Å². The van der Waals surface area contributed by atoms with Crippen LogP contribution in [0, 0.1) is 11.6 Å². The predicted molar refractivity (Wildman–Crippen MR) is 94.6 cm³/mol. The van der Waals surface area contributed by atoms with E-state index in [2.05, 4.69) is 5.32 Å². The Balaban J connectivity index is 0.00000225. The molecule has 136 valence electrons. The van der Waals surface area contributed by atoms with Crippen molar-refractivity contribution in [3.63, 3.8) is 0 Å². The average molecular weight is 409 g/mol. The summed E-state index contributed by atoms with van der Waals surface area (Å²) in [6.45, 7) is 1.02. The third kappa shape index (κ3) is 4.12. The molecule has 1 saturated heterocycles. The van der Waals surface area contributed by atoms with Crippen LogP contribution < -0.4 is 5.32 Å². The summed E-state index contributed by atoms with van der Waals surface area (Å²) >= 11 is 5.93. The lowest BCUT2D eigenvalue weighted by Crippen LogP contribution is -2.48. The summed E-state index contributed by atoms with van der Waals surface area (Å²) in [5, 5.41) is 2.93. The number of hydrogen-bond acceptors (Lipinski definition) is 3. The van der Waals surface area contributed by atoms with Gasteiger partial charge in [0.1, 0.15) is 16.5 Å². The monoisotopic (exact) mass is 408 g/mol. The van der Waals surface area contributed by atoms with Crippen LogP contribution in [0.3, 0.4) is 0 Å². The topological polar surface area (TPSA) is 49.4 Å². The normalized spacial score (nSPS) is 18.6. The first-order valence-electron chi connectivity index (χ1n) is 7.32. The first-order chi connectivity index (χ1) is 11.4. The molecule has 0 amide bonds. The highest BCUT2D eigenvalue weighted by Crippen LogP contribution is 2.32. The predicted octanol–water partition coefficient (Wildman–Crippen LogP) is 3.38. The Labute approximate surface area is 156 Å². The van der Waals surface area contributed by atoms with Gasteiger partial charge in [0, 0.05) is 19.6 Å². The van der Waals surface area contributed by atoms with Crippen molar-refractivity contribution in [1.29, 1.82) is 0 Å². The molecule has 0 aliphatic carbocycles. The maximum Gasteiger partial charge on any atom is 0.245 e. The molecule has 4 nitrogen and oxygen atoms in total. The van der Waals surface area contributed by atoms with E-state index in [0.29, 0.717) is 18.7 Å². The molecule has 1 N–H and O–H groups in total. The fourth-order valence-electron chi connectivity index (χ4n) is 2.78. The van der Waals surface area contributed by atoms with E-state index in [1.807, 2.05) is 0 Å². The van der Waals surface area contributed by atoms with E-state index in [-0.39, 0.29) is 28.9 Å². The highest BCUT2D eigenvalue weighted by molar-refractivity contribution is 7.89. The standard InChI is InChI=1S/C16H15ClF2N2O2S.ClH/c17-14-9-13(19)4-5-16(14)24(22,23)21-7-6-20-10-15(21)11-2-1-3-12(18)8-11;/h1-5,8-9,15,20H,6-7,10H2;1H. The van der Waals surface area contributed by atoms with Gasteiger partial charge < -0.3 is 5.32 Å². The van der Waals surface area contributed by atoms with Gasteiger partial charge in [0.25, 0.3) is 0 Å². The molecule has 1 aliphatic rings. The minimum atomic E-state index is -3.95. The molecule has 0 spiro atoms. The number of hydrogen-bond donors (Lipinski definition) is 1. The molecule has 1 aliphatic heterocycles. The Morgan fingerprint density at radius 3 is 2.52 bits per heavy atom. The van der Waals surface area contributed by atoms with Crippen molar-refractivity contribution in [2.75, 3.05) is 19.6 Å². The van der Waals surface area contributed by atoms with E-state index in [0.717, 1.165) is 18.2 Å². The molecule has 0 saturated carbocycles. The van der Waals surface area contributed by atoms with Gasteiger partial charge >= 0.3 is 0 Å². The third-order valence-corrected chi connectivity index (χ3v) is 6.30. The van der Waals surface area contributed by atoms with Gasteiger partial charge in [0.15, 0.2) is 0 Å². The second-order valence-corrected chi connectivity index (χ2v) is 7.73. The molecule has 1 heterocycles. The van der Waals surface area contributed by atoms with Crippen LogP contribution in [0.25, 0.3) is 0 Å². The number of sulfonamides is 1. The molecule has 0 radical (unpaired) electrons. The molecule has 1 fully saturated rings. The molecule has 2 aromatic carbocycles. The van der Waals surface area contributed by atoms with Gasteiger partial charge in [-0.1, -0.05) is 23.7 Å². The van der Waals surface area contributed by atoms with E-state index < -0.39 is 27.7 Å². The van der Waals surface area contributed by atoms with Crippen LogP contribution in [-0.4, -0.2) is 32.4 Å². The lowest BCUT2D eigenvalue weighted by atomic mass is 10.1. The van der Waals surface area contributed by atoms with Crippen LogP contribution in [0.4, 0.5) is 8.78 Å². The van der Waals surface area contributed by atoms with Crippen molar-refractivity contribution in [2.24, 2.45) is 0 Å². The number of piperazine rings is 1. The van der Waals surface area contributed by atoms with Crippen molar-refractivity contribution in [3.05, 3.63) is 64.7 Å². The smallest absolute Gasteiger partial charge is 0.245 e. The molecule has 25 heavy (non-hydrogen) atoms. The maximum atomic E-state index is 13.5. The Bertz CT molecular complexity index is 865. The Hall–Kier alpha value is -1.25. The van der Waals surface area contributed by atoms with Crippen LogP contribution in [0.2, 0.25) is 5.02 Å². The second-order valence-electron chi connectivity index (χ2n) is 5.47. The van der Waals surface area contributed by atoms with Gasteiger partial charge in [-0.05, 0) is 35.9 Å². The van der Waals surface area contributed by atoms with Crippen molar-refractivity contribution in [3.8, 4) is 0 Å². The van der Waals surface area contributed by atoms with Gasteiger partial charge in [0.05, 0.1) is 11.1 Å². The molecule has 0 aromatic heterocycles. The first-order valence-corrected chi connectivity index (χ1v) is 9.14. The molecule has 2 aromatic rings. The lowest BCUT2D eigenvalue weighted by Gasteiger charge is -2.35. The Kier molecular flexibility index (Phi) is 6.40. The zero-order valence-corrected chi connectivity index (χ0v) is 15.3. The van der Waals surface area contributed by atoms with Gasteiger partial charge in [0.2, 0.25) is 10.0 Å². The number of rotatable bonds is 3. The van der Waals surface area contributed by atoms with Crippen molar-refractivity contribution in [1.82, 2.24) is 9.62 Å². The number of benzene rings is 2. The molecule has 9 heteroatoms. The summed E-state index contributed by atoms with van der Waals surface area (Å²) in [7, 11) is -3.95. The summed E-state index contributed by atoms with van der Waals surface area (Å²) < 4.78 is 54.0. The van der Waals surface area contributed by atoms with E-state index in [4.69, 9.17) is 11.6 Å². The quantitative estimate of drug-likeness (QED) is 0.846. The third-order valence-electron chi connectivity index (χ3n) is 3.91. The van der Waals surface area contributed by atoms with Crippen LogP contribution >= 0.6 is 24.0 Å². The lowest BCUT2D eigenvalue weighted by molar-refractivity contribution is 0.271. The van der Waals surface area contributed by atoms with Gasteiger partial charge in [-0.3, -0.25) is 0 Å². The molecule has 1 unspecified atom stereocenters. The average Bonchev–Trinajstić information content (AvgIpc) is 2.54. The number of nitrogens with zero attached hydrogens (tertiary/aromatic N) is 1. The van der Waals surface area contributed by atoms with E-state index >= 15 is 0 Å². The molecular weight excluding hydrogens is 393 g/mol. The SMILES string of the molecule is Cl.O=S(=O)(c1ccc(F)cc1Cl)N1CCNCC1c1cccc(F)c1. The number of nitrogens with one attached hydrogen (secondary N) is 1. The fourth-order valence-corrected chi connectivity index (χ4v) is 4.90. The minimum Gasteiger partial charge on any atom is -0.313 e. The van der Waals surface area contributed by atoms with Crippen LogP contribution in [0.1, 0.15) is 11.6 Å². The molecule has 3 rings (SSSR count). The molecule has 1 atom stereocenters. The van der Waals surface area contributed by atoms with Gasteiger partial charge in [-0.25, -0.2) is 17.2 Å². The van der Waals surface area contributed by atoms with E-state index in [1.54, 1.807) is 6.07 Å². The Morgan fingerprint density at radius 2 is 1.84 bits per heavy atom. The van der Waals surface area contributed by atoms with Gasteiger partial charge in [-0.2, -0.15) is 4.31 Å². The molecular formula is C16H16Cl2F2N2O2S. The van der Waals surface area contributed by atoms with E-state index in [9.17, 15) is 17.2 Å². The summed E-state index contributed by atoms with van der Waals surface area (Å²) in [4.78, 5) is -0.158. The second kappa shape index (κ2) is 7.97. The summed E-state index contributed by atoms with van der Waals surface area (Å²) in [5.74, 6) is -1.05. The molecule has 0 bridgehead atoms. The zero-order chi connectivity index (χ0) is 17.3. The first kappa shape index (κ1) is 20.1. The van der Waals surface area contributed by atoms with Crippen LogP contribution in [0.15, 0.2) is 47.4 Å². The summed E-state index contributed by atoms with van der Waals surface area (Å²) in [6, 6.07) is 8.43. The zero-order valence-electron chi connectivity index (χ0n) is 13.0. The van der Waals surface area contributed by atoms with Crippen LogP contribution in [-0.2, 0) is 10.0 Å². The minimum absolute atomic E-state index is 0. The maximum absolute atomic E-state index is 13.5. The highest BCUT2D eigenvalue weighted by Gasteiger charge is 2.35. The fraction of sp³-hybridized carbons (Fsp3) is 0.250. The van der Waals surface area contributed by atoms with Crippen LogP contribution in [0.5, 0.6) is 0 Å². The number of halogens is 4. The van der Waals surface area contributed by atoms with Gasteiger partial charge in [-0.15, -0.1) is 12.4 Å². The largest absolute Gasteiger partial charge is 0.313 e. The summed E-state index contributed by atoms with van der Waals surface area (Å²) in [5.41, 5.74) is 0.545. The van der Waals surface area contributed by atoms with E-state index in [1.165, 1.54) is 22.5 Å². The summed E-state index contributed by atoms with van der Waals surface area (Å²) in [6.07, 6.45) is 0. The van der Waals surface area contributed by atoms with Crippen molar-refractivity contribution in [2.45, 2.75) is 10.9 Å². The van der Waals surface area contributed by atoms with Crippen molar-refractivity contribution >= 4 is 34.0 Å².